The van der Waals surface area contributed by atoms with Crippen LogP contribution in [0.1, 0.15) is 99.8 Å². The van der Waals surface area contributed by atoms with Gasteiger partial charge in [-0.15, -0.1) is 0 Å². The van der Waals surface area contributed by atoms with Gasteiger partial charge in [-0.2, -0.15) is 0 Å². The Hall–Kier alpha value is -0.160. The van der Waals surface area contributed by atoms with Gasteiger partial charge in [-0.25, -0.2) is 0 Å². The Balaban J connectivity index is 0.000000350. The van der Waals surface area contributed by atoms with Crippen LogP contribution in [0.25, 0.3) is 0 Å². The first kappa shape index (κ1) is 23.9. The van der Waals surface area contributed by atoms with E-state index in [1.54, 1.807) is 0 Å². The smallest absolute Gasteiger partial charge is 0.168 e. The summed E-state index contributed by atoms with van der Waals surface area (Å²) >= 11 is 0. The van der Waals surface area contributed by atoms with E-state index in [1.807, 2.05) is 0 Å². The highest BCUT2D eigenvalue weighted by Crippen LogP contribution is 2.52. The fourth-order valence-electron chi connectivity index (χ4n) is 4.51. The summed E-state index contributed by atoms with van der Waals surface area (Å²) in [6, 6.07) is 0. The molecule has 26 heavy (non-hydrogen) atoms. The lowest BCUT2D eigenvalue weighted by atomic mass is 9.64. The van der Waals surface area contributed by atoms with Crippen molar-refractivity contribution >= 4 is 0 Å². The Morgan fingerprint density at radius 2 is 1.27 bits per heavy atom. The van der Waals surface area contributed by atoms with Gasteiger partial charge in [0.15, 0.2) is 12.1 Å². The van der Waals surface area contributed by atoms with E-state index in [-0.39, 0.29) is 23.1 Å². The highest BCUT2D eigenvalue weighted by Gasteiger charge is 2.56. The van der Waals surface area contributed by atoms with Gasteiger partial charge in [0.25, 0.3) is 0 Å². The van der Waals surface area contributed by atoms with E-state index < -0.39 is 0 Å². The molecule has 0 bridgehead atoms. The summed E-state index contributed by atoms with van der Waals surface area (Å²) in [4.78, 5) is 0. The first-order valence-electron chi connectivity index (χ1n) is 11.0. The predicted molar refractivity (Wildman–Crippen MR) is 107 cm³/mol. The average molecular weight is 373 g/mol. The van der Waals surface area contributed by atoms with Gasteiger partial charge < -0.3 is 18.9 Å². The second-order valence-electron chi connectivity index (χ2n) is 7.63. The number of hydrogen-bond acceptors (Lipinski definition) is 4. The van der Waals surface area contributed by atoms with Crippen molar-refractivity contribution in [2.75, 3.05) is 19.8 Å². The highest BCUT2D eigenvalue weighted by atomic mass is 16.7. The zero-order valence-electron chi connectivity index (χ0n) is 18.5. The lowest BCUT2D eigenvalue weighted by Crippen LogP contribution is -2.62. The molecule has 0 unspecified atom stereocenters. The van der Waals surface area contributed by atoms with Crippen LogP contribution in [0.15, 0.2) is 0 Å². The SMILES string of the molecule is CCC1(CC)OCC(CC)(CC)C(CC)(CC)O1.CCC1OCCCO1. The second-order valence-corrected chi connectivity index (χ2v) is 7.63. The molecule has 156 valence electrons. The minimum absolute atomic E-state index is 0.0131. The molecule has 4 heteroatoms. The molecule has 2 rings (SSSR count). The molecule has 2 aliphatic heterocycles. The molecule has 0 aromatic heterocycles. The van der Waals surface area contributed by atoms with Crippen molar-refractivity contribution in [3.63, 3.8) is 0 Å². The van der Waals surface area contributed by atoms with Gasteiger partial charge in [-0.3, -0.25) is 0 Å². The van der Waals surface area contributed by atoms with Crippen LogP contribution in [-0.4, -0.2) is 37.5 Å². The molecule has 2 fully saturated rings. The van der Waals surface area contributed by atoms with Crippen molar-refractivity contribution < 1.29 is 18.9 Å². The van der Waals surface area contributed by atoms with Crippen LogP contribution >= 0.6 is 0 Å². The third-order valence-corrected chi connectivity index (χ3v) is 6.76. The van der Waals surface area contributed by atoms with Crippen LogP contribution < -0.4 is 0 Å². The summed E-state index contributed by atoms with van der Waals surface area (Å²) in [5.74, 6) is -0.347. The maximum atomic E-state index is 6.63. The normalized spacial score (nSPS) is 24.6. The minimum atomic E-state index is -0.347. The van der Waals surface area contributed by atoms with Crippen LogP contribution in [0.2, 0.25) is 0 Å². The standard InChI is InChI=1S/C16H32O2.C6H12O2/c1-7-14(8-2)13-17-16(11-5,12-6)18-15(14,9-3)10-4;1-2-6-7-4-3-5-8-6/h7-13H2,1-6H3;6H,2-5H2,1H3. The second kappa shape index (κ2) is 11.0. The summed E-state index contributed by atoms with van der Waals surface area (Å²) < 4.78 is 23.2. The summed E-state index contributed by atoms with van der Waals surface area (Å²) in [5.41, 5.74) is 0.172. The van der Waals surface area contributed by atoms with Gasteiger partial charge in [-0.1, -0.05) is 48.5 Å². The first-order valence-corrected chi connectivity index (χ1v) is 11.0. The topological polar surface area (TPSA) is 36.9 Å². The molecule has 0 amide bonds. The van der Waals surface area contributed by atoms with Crippen molar-refractivity contribution in [1.82, 2.24) is 0 Å². The van der Waals surface area contributed by atoms with E-state index in [2.05, 4.69) is 48.5 Å². The van der Waals surface area contributed by atoms with Gasteiger partial charge in [-0.05, 0) is 51.4 Å². The van der Waals surface area contributed by atoms with E-state index >= 15 is 0 Å². The first-order chi connectivity index (χ1) is 12.5. The Morgan fingerprint density at radius 1 is 0.731 bits per heavy atom. The predicted octanol–water partition coefficient (Wildman–Crippen LogP) is 6.07. The van der Waals surface area contributed by atoms with E-state index in [4.69, 9.17) is 18.9 Å². The monoisotopic (exact) mass is 372 g/mol. The van der Waals surface area contributed by atoms with Crippen molar-refractivity contribution in [3.05, 3.63) is 0 Å². The fourth-order valence-corrected chi connectivity index (χ4v) is 4.51. The molecule has 0 N–H and O–H groups in total. The maximum absolute atomic E-state index is 6.63. The summed E-state index contributed by atoms with van der Waals surface area (Å²) in [6.45, 7) is 18.1. The van der Waals surface area contributed by atoms with Crippen molar-refractivity contribution in [2.45, 2.75) is 118 Å². The van der Waals surface area contributed by atoms with Crippen molar-refractivity contribution in [1.29, 1.82) is 0 Å². The quantitative estimate of drug-likeness (QED) is 0.543. The lowest BCUT2D eigenvalue weighted by molar-refractivity contribution is -0.378. The molecular weight excluding hydrogens is 328 g/mol. The fraction of sp³-hybridized carbons (Fsp3) is 1.00. The Labute approximate surface area is 162 Å². The number of hydrogen-bond donors (Lipinski definition) is 0. The molecule has 0 aromatic carbocycles. The summed E-state index contributed by atoms with van der Waals surface area (Å²) in [5, 5.41) is 0. The van der Waals surface area contributed by atoms with Gasteiger partial charge in [0.05, 0.1) is 25.4 Å². The Kier molecular flexibility index (Phi) is 10.1. The molecule has 0 radical (unpaired) electrons. The van der Waals surface area contributed by atoms with Crippen LogP contribution in [0.3, 0.4) is 0 Å². The van der Waals surface area contributed by atoms with Crippen LogP contribution in [0.5, 0.6) is 0 Å². The zero-order valence-corrected chi connectivity index (χ0v) is 18.5. The Morgan fingerprint density at radius 3 is 1.62 bits per heavy atom. The summed E-state index contributed by atoms with van der Waals surface area (Å²) in [6.07, 6.45) is 8.42. The molecule has 0 aliphatic carbocycles. The van der Waals surface area contributed by atoms with E-state index in [1.165, 1.54) is 0 Å². The van der Waals surface area contributed by atoms with E-state index in [0.29, 0.717) is 0 Å². The lowest BCUT2D eigenvalue weighted by Gasteiger charge is -2.58. The molecular formula is C22H44O4. The molecule has 2 heterocycles. The van der Waals surface area contributed by atoms with Gasteiger partial charge in [0.1, 0.15) is 0 Å². The third-order valence-electron chi connectivity index (χ3n) is 6.76. The van der Waals surface area contributed by atoms with E-state index in [9.17, 15) is 0 Å². The molecule has 4 nitrogen and oxygen atoms in total. The molecule has 0 aromatic rings. The van der Waals surface area contributed by atoms with Crippen molar-refractivity contribution in [2.24, 2.45) is 5.41 Å². The molecule has 2 aliphatic rings. The van der Waals surface area contributed by atoms with Gasteiger partial charge >= 0.3 is 0 Å². The zero-order chi connectivity index (χ0) is 19.7. The highest BCUT2D eigenvalue weighted by molar-refractivity contribution is 5.02. The molecule has 2 saturated heterocycles. The van der Waals surface area contributed by atoms with Crippen molar-refractivity contribution in [3.8, 4) is 0 Å². The van der Waals surface area contributed by atoms with Crippen LogP contribution in [0, 0.1) is 5.41 Å². The van der Waals surface area contributed by atoms with Crippen LogP contribution in [0.4, 0.5) is 0 Å². The van der Waals surface area contributed by atoms with E-state index in [0.717, 1.165) is 71.2 Å². The number of rotatable bonds is 7. The van der Waals surface area contributed by atoms with Crippen LogP contribution in [-0.2, 0) is 18.9 Å². The average Bonchev–Trinajstić information content (AvgIpc) is 2.74. The minimum Gasteiger partial charge on any atom is -0.353 e. The number of ether oxygens (including phenoxy) is 4. The molecule has 0 saturated carbocycles. The van der Waals surface area contributed by atoms with Gasteiger partial charge in [0, 0.05) is 5.41 Å². The van der Waals surface area contributed by atoms with Gasteiger partial charge in [0.2, 0.25) is 0 Å². The largest absolute Gasteiger partial charge is 0.353 e. The molecule has 0 atom stereocenters. The summed E-state index contributed by atoms with van der Waals surface area (Å²) in [7, 11) is 0. The molecule has 0 spiro atoms. The third kappa shape index (κ3) is 5.01. The maximum Gasteiger partial charge on any atom is 0.168 e. The Bertz CT molecular complexity index is 364.